The van der Waals surface area contributed by atoms with Gasteiger partial charge in [0, 0.05) is 26.7 Å². The van der Waals surface area contributed by atoms with Crippen molar-refractivity contribution in [1.82, 2.24) is 19.8 Å². The van der Waals surface area contributed by atoms with Crippen molar-refractivity contribution in [3.05, 3.63) is 24.3 Å². The first-order valence-corrected chi connectivity index (χ1v) is 9.76. The van der Waals surface area contributed by atoms with E-state index in [0.29, 0.717) is 12.6 Å². The Labute approximate surface area is 156 Å². The van der Waals surface area contributed by atoms with Crippen LogP contribution in [0, 0.1) is 0 Å². The summed E-state index contributed by atoms with van der Waals surface area (Å²) < 4.78 is 1.74. The highest BCUT2D eigenvalue weighted by atomic mass is 16.2. The van der Waals surface area contributed by atoms with Crippen LogP contribution in [0.15, 0.2) is 24.3 Å². The second-order valence-electron chi connectivity index (χ2n) is 7.30. The van der Waals surface area contributed by atoms with Gasteiger partial charge in [0.25, 0.3) is 0 Å². The Hall–Kier alpha value is -2.08. The summed E-state index contributed by atoms with van der Waals surface area (Å²) in [5, 5.41) is 3.68. The maximum absolute atomic E-state index is 12.9. The van der Waals surface area contributed by atoms with E-state index in [1.807, 2.05) is 36.2 Å². The van der Waals surface area contributed by atoms with E-state index in [4.69, 9.17) is 4.98 Å². The number of carbonyl (C=O) groups is 1. The molecule has 0 saturated heterocycles. The number of aromatic nitrogens is 2. The number of imidazole rings is 1. The van der Waals surface area contributed by atoms with Crippen molar-refractivity contribution in [2.24, 2.45) is 0 Å². The van der Waals surface area contributed by atoms with Gasteiger partial charge in [-0.15, -0.1) is 0 Å². The molecule has 6 heteroatoms. The highest BCUT2D eigenvalue weighted by Crippen LogP contribution is 2.27. The molecule has 26 heavy (non-hydrogen) atoms. The Morgan fingerprint density at radius 3 is 2.77 bits per heavy atom. The Kier molecular flexibility index (Phi) is 5.81. The molecule has 0 bridgehead atoms. The molecule has 1 aliphatic rings. The lowest BCUT2D eigenvalue weighted by molar-refractivity contribution is 0.211. The lowest BCUT2D eigenvalue weighted by Crippen LogP contribution is -2.42. The third-order valence-electron chi connectivity index (χ3n) is 5.45. The first-order chi connectivity index (χ1) is 12.6. The van der Waals surface area contributed by atoms with E-state index in [2.05, 4.69) is 31.1 Å². The number of nitrogens with zero attached hydrogens (tertiary/aromatic N) is 4. The third kappa shape index (κ3) is 3.56. The number of amides is 1. The summed E-state index contributed by atoms with van der Waals surface area (Å²) in [5.74, 6) is 0.742. The summed E-state index contributed by atoms with van der Waals surface area (Å²) in [6, 6.07) is 8.66. The van der Waals surface area contributed by atoms with E-state index in [0.717, 1.165) is 36.4 Å². The molecule has 2 unspecified atom stereocenters. The van der Waals surface area contributed by atoms with E-state index < -0.39 is 0 Å². The van der Waals surface area contributed by atoms with E-state index in [1.54, 1.807) is 4.57 Å². The monoisotopic (exact) mass is 357 g/mol. The summed E-state index contributed by atoms with van der Waals surface area (Å²) in [6.07, 6.45) is 4.56. The average Bonchev–Trinajstić information content (AvgIpc) is 3.00. The summed E-state index contributed by atoms with van der Waals surface area (Å²) in [5.41, 5.74) is 1.74. The van der Waals surface area contributed by atoms with Gasteiger partial charge in [-0.1, -0.05) is 32.4 Å². The number of likely N-dealkylation sites (N-methyl/N-ethyl adjacent to an activating group) is 2. The zero-order valence-corrected chi connectivity index (χ0v) is 16.4. The van der Waals surface area contributed by atoms with Crippen molar-refractivity contribution in [3.8, 4) is 0 Å². The Balaban J connectivity index is 1.80. The van der Waals surface area contributed by atoms with E-state index in [-0.39, 0.29) is 12.1 Å². The van der Waals surface area contributed by atoms with Gasteiger partial charge < -0.3 is 15.1 Å². The maximum atomic E-state index is 12.9. The minimum absolute atomic E-state index is 0.00609. The quantitative estimate of drug-likeness (QED) is 0.826. The third-order valence-corrected chi connectivity index (χ3v) is 5.45. The fourth-order valence-corrected chi connectivity index (χ4v) is 3.83. The second kappa shape index (κ2) is 8.08. The van der Waals surface area contributed by atoms with Crippen molar-refractivity contribution >= 4 is 23.0 Å². The van der Waals surface area contributed by atoms with Crippen LogP contribution in [0.2, 0.25) is 0 Å². The number of carbonyl (C=O) groups excluding carboxylic acids is 1. The van der Waals surface area contributed by atoms with Gasteiger partial charge in [-0.05, 0) is 37.9 Å². The molecular weight excluding hydrogens is 326 g/mol. The molecule has 0 radical (unpaired) electrons. The van der Waals surface area contributed by atoms with Crippen LogP contribution < -0.4 is 10.2 Å². The van der Waals surface area contributed by atoms with Crippen molar-refractivity contribution < 1.29 is 4.79 Å². The van der Waals surface area contributed by atoms with Gasteiger partial charge in [-0.2, -0.15) is 0 Å². The van der Waals surface area contributed by atoms with E-state index in [9.17, 15) is 4.79 Å². The highest BCUT2D eigenvalue weighted by Gasteiger charge is 2.31. The van der Waals surface area contributed by atoms with Gasteiger partial charge in [-0.25, -0.2) is 14.3 Å². The van der Waals surface area contributed by atoms with Crippen molar-refractivity contribution in [2.45, 2.75) is 51.6 Å². The fraction of sp³-hybridized carbons (Fsp3) is 0.600. The van der Waals surface area contributed by atoms with Gasteiger partial charge in [-0.3, -0.25) is 0 Å². The number of benzene rings is 1. The van der Waals surface area contributed by atoms with Gasteiger partial charge in [0.15, 0.2) is 0 Å². The van der Waals surface area contributed by atoms with Crippen molar-refractivity contribution in [2.75, 3.05) is 32.1 Å². The van der Waals surface area contributed by atoms with Gasteiger partial charge in [0.1, 0.15) is 0 Å². The molecule has 2 atom stereocenters. The molecule has 0 saturated carbocycles. The smallest absolute Gasteiger partial charge is 0.331 e. The molecule has 2 aromatic rings. The SMILES string of the molecule is CCCC(CC)NCCC1CN(C)C(=O)n2c(nc3ccccc32)N1C. The van der Waals surface area contributed by atoms with Crippen LogP contribution in [-0.4, -0.2) is 59.8 Å². The molecular formula is C20H31N5O. The van der Waals surface area contributed by atoms with Gasteiger partial charge >= 0.3 is 6.03 Å². The van der Waals surface area contributed by atoms with Gasteiger partial charge in [0.05, 0.1) is 17.1 Å². The first-order valence-electron chi connectivity index (χ1n) is 9.76. The number of hydrogen-bond acceptors (Lipinski definition) is 4. The standard InChI is InChI=1S/C20H31N5O/c1-5-9-15(6-2)21-13-12-16-14-23(3)20(26)25-18-11-8-7-10-17(18)22-19(25)24(16)4/h7-8,10-11,15-16,21H,5-6,9,12-14H2,1-4H3. The first kappa shape index (κ1) is 18.7. The number of fused-ring (bicyclic) bond motifs is 3. The lowest BCUT2D eigenvalue weighted by atomic mass is 10.1. The van der Waals surface area contributed by atoms with E-state index in [1.165, 1.54) is 12.8 Å². The molecule has 142 valence electrons. The van der Waals surface area contributed by atoms with Gasteiger partial charge in [0.2, 0.25) is 5.95 Å². The van der Waals surface area contributed by atoms with Crippen LogP contribution in [0.5, 0.6) is 0 Å². The Bertz CT molecular complexity index is 756. The molecule has 1 N–H and O–H groups in total. The van der Waals surface area contributed by atoms with Crippen LogP contribution in [0.4, 0.5) is 10.7 Å². The minimum atomic E-state index is -0.00609. The van der Waals surface area contributed by atoms with Crippen LogP contribution in [0.3, 0.4) is 0 Å². The van der Waals surface area contributed by atoms with E-state index >= 15 is 0 Å². The normalized spacial score (nSPS) is 18.9. The number of hydrogen-bond donors (Lipinski definition) is 1. The lowest BCUT2D eigenvalue weighted by Gasteiger charge is -2.28. The molecule has 1 aliphatic heterocycles. The minimum Gasteiger partial charge on any atom is -0.340 e. The highest BCUT2D eigenvalue weighted by molar-refractivity contribution is 5.93. The van der Waals surface area contributed by atoms with Crippen LogP contribution in [-0.2, 0) is 0 Å². The zero-order chi connectivity index (χ0) is 18.7. The topological polar surface area (TPSA) is 53.4 Å². The number of rotatable bonds is 7. The number of anilines is 1. The Morgan fingerprint density at radius 1 is 1.27 bits per heavy atom. The maximum Gasteiger partial charge on any atom is 0.331 e. The molecule has 1 amide bonds. The molecule has 0 fully saturated rings. The molecule has 1 aromatic heterocycles. The molecule has 1 aromatic carbocycles. The summed E-state index contributed by atoms with van der Waals surface area (Å²) in [4.78, 5) is 21.6. The summed E-state index contributed by atoms with van der Waals surface area (Å²) >= 11 is 0. The predicted octanol–water partition coefficient (Wildman–Crippen LogP) is 3.31. The van der Waals surface area contributed by atoms with Crippen molar-refractivity contribution in [1.29, 1.82) is 0 Å². The summed E-state index contributed by atoms with van der Waals surface area (Å²) in [7, 11) is 3.94. The Morgan fingerprint density at radius 2 is 2.04 bits per heavy atom. The largest absolute Gasteiger partial charge is 0.340 e. The van der Waals surface area contributed by atoms with Crippen LogP contribution in [0.25, 0.3) is 11.0 Å². The molecule has 6 nitrogen and oxygen atoms in total. The van der Waals surface area contributed by atoms with Crippen molar-refractivity contribution in [3.63, 3.8) is 0 Å². The second-order valence-corrected chi connectivity index (χ2v) is 7.30. The number of para-hydroxylation sites is 2. The zero-order valence-electron chi connectivity index (χ0n) is 16.4. The van der Waals surface area contributed by atoms with Crippen LogP contribution >= 0.6 is 0 Å². The average molecular weight is 358 g/mol. The predicted molar refractivity (Wildman–Crippen MR) is 107 cm³/mol. The number of nitrogens with one attached hydrogen (secondary N) is 1. The fourth-order valence-electron chi connectivity index (χ4n) is 3.83. The van der Waals surface area contributed by atoms with Crippen LogP contribution in [0.1, 0.15) is 39.5 Å². The summed E-state index contributed by atoms with van der Waals surface area (Å²) in [6.45, 7) is 6.13. The molecule has 0 aliphatic carbocycles. The molecule has 0 spiro atoms. The molecule has 3 rings (SSSR count). The molecule has 2 heterocycles.